The number of hydrogen-bond acceptors (Lipinski definition) is 6. The van der Waals surface area contributed by atoms with Gasteiger partial charge in [0.2, 0.25) is 15.9 Å². The number of nitrogens with one attached hydrogen (secondary N) is 2. The Morgan fingerprint density at radius 3 is 2.37 bits per heavy atom. The number of rotatable bonds is 8. The molecule has 172 valence electrons. The second kappa shape index (κ2) is 11.3. The van der Waals surface area contributed by atoms with E-state index in [2.05, 4.69) is 24.8 Å². The third-order valence-electron chi connectivity index (χ3n) is 6.08. The summed E-state index contributed by atoms with van der Waals surface area (Å²) in [6.07, 6.45) is 3.45. The largest absolute Gasteiger partial charge is 0.378 e. The van der Waals surface area contributed by atoms with Gasteiger partial charge in [0.1, 0.15) is 0 Å². The van der Waals surface area contributed by atoms with Gasteiger partial charge in [0.05, 0.1) is 25.5 Å². The number of aliphatic imine (C=N–C) groups is 1. The molecular formula is C19H36N6O4S. The Morgan fingerprint density at radius 1 is 1.07 bits per heavy atom. The molecule has 30 heavy (non-hydrogen) atoms. The molecule has 0 bridgehead atoms. The van der Waals surface area contributed by atoms with E-state index in [9.17, 15) is 13.2 Å². The van der Waals surface area contributed by atoms with E-state index >= 15 is 0 Å². The molecule has 10 nitrogen and oxygen atoms in total. The van der Waals surface area contributed by atoms with Crippen molar-refractivity contribution in [3.8, 4) is 0 Å². The van der Waals surface area contributed by atoms with Crippen molar-refractivity contribution in [2.45, 2.75) is 19.3 Å². The maximum absolute atomic E-state index is 12.4. The molecule has 0 aromatic rings. The van der Waals surface area contributed by atoms with Crippen LogP contribution >= 0.6 is 0 Å². The smallest absolute Gasteiger partial charge is 0.236 e. The lowest BCUT2D eigenvalue weighted by Crippen LogP contribution is -2.55. The third kappa shape index (κ3) is 7.07. The number of morpholine rings is 1. The quantitative estimate of drug-likeness (QED) is 0.356. The molecule has 2 saturated heterocycles. The van der Waals surface area contributed by atoms with Crippen LogP contribution in [0.3, 0.4) is 0 Å². The Labute approximate surface area is 180 Å². The summed E-state index contributed by atoms with van der Waals surface area (Å²) < 4.78 is 32.3. The average molecular weight is 445 g/mol. The zero-order valence-electron chi connectivity index (χ0n) is 18.0. The molecule has 3 rings (SSSR count). The lowest BCUT2D eigenvalue weighted by Gasteiger charge is -2.37. The number of carbonyl (C=O) groups excluding carboxylic acids is 1. The van der Waals surface area contributed by atoms with E-state index in [1.54, 1.807) is 7.05 Å². The van der Waals surface area contributed by atoms with E-state index < -0.39 is 10.0 Å². The number of ether oxygens (including phenoxy) is 1. The molecule has 2 aliphatic heterocycles. The summed E-state index contributed by atoms with van der Waals surface area (Å²) in [5.74, 6) is 1.41. The van der Waals surface area contributed by atoms with Crippen molar-refractivity contribution in [2.24, 2.45) is 10.9 Å². The molecule has 11 heteroatoms. The van der Waals surface area contributed by atoms with Gasteiger partial charge in [-0.25, -0.2) is 13.1 Å². The molecule has 1 aliphatic carbocycles. The number of guanidine groups is 1. The minimum atomic E-state index is -3.27. The molecule has 1 amide bonds. The van der Waals surface area contributed by atoms with Gasteiger partial charge in [-0.05, 0) is 18.8 Å². The van der Waals surface area contributed by atoms with Crippen LogP contribution in [0.25, 0.3) is 0 Å². The van der Waals surface area contributed by atoms with Gasteiger partial charge in [0.25, 0.3) is 0 Å². The van der Waals surface area contributed by atoms with E-state index in [1.165, 1.54) is 6.42 Å². The lowest BCUT2D eigenvalue weighted by molar-refractivity contribution is -0.136. The van der Waals surface area contributed by atoms with Crippen molar-refractivity contribution >= 4 is 21.9 Å². The van der Waals surface area contributed by atoms with Gasteiger partial charge in [0, 0.05) is 59.4 Å². The third-order valence-corrected chi connectivity index (χ3v) is 7.42. The van der Waals surface area contributed by atoms with E-state index in [-0.39, 0.29) is 11.7 Å². The highest BCUT2D eigenvalue weighted by atomic mass is 32.2. The predicted octanol–water partition coefficient (Wildman–Crippen LogP) is -1.24. The molecule has 0 aromatic carbocycles. The van der Waals surface area contributed by atoms with Crippen molar-refractivity contribution in [2.75, 3.05) is 84.9 Å². The van der Waals surface area contributed by atoms with Crippen molar-refractivity contribution < 1.29 is 17.9 Å². The number of nitrogens with zero attached hydrogens (tertiary/aromatic N) is 4. The fraction of sp³-hybridized carbons (Fsp3) is 0.895. The summed E-state index contributed by atoms with van der Waals surface area (Å²) in [5, 5.41) is 3.17. The lowest BCUT2D eigenvalue weighted by atomic mass is 9.86. The number of amides is 1. The fourth-order valence-electron chi connectivity index (χ4n) is 3.87. The van der Waals surface area contributed by atoms with Crippen molar-refractivity contribution in [1.82, 2.24) is 24.7 Å². The van der Waals surface area contributed by atoms with Gasteiger partial charge in [-0.1, -0.05) is 6.42 Å². The first kappa shape index (κ1) is 23.2. The minimum Gasteiger partial charge on any atom is -0.378 e. The van der Waals surface area contributed by atoms with Crippen LogP contribution in [0.4, 0.5) is 0 Å². The Hall–Kier alpha value is -1.43. The second-order valence-corrected chi connectivity index (χ2v) is 10.1. The van der Waals surface area contributed by atoms with Crippen LogP contribution < -0.4 is 10.0 Å². The summed E-state index contributed by atoms with van der Waals surface area (Å²) in [6, 6.07) is 0. The van der Waals surface area contributed by atoms with Crippen LogP contribution in [0, 0.1) is 5.92 Å². The number of sulfonamides is 1. The Balaban J connectivity index is 1.34. The molecule has 0 radical (unpaired) electrons. The molecule has 0 unspecified atom stereocenters. The highest BCUT2D eigenvalue weighted by Gasteiger charge is 2.24. The van der Waals surface area contributed by atoms with E-state index in [0.29, 0.717) is 57.8 Å². The number of piperazine rings is 1. The maximum atomic E-state index is 12.4. The summed E-state index contributed by atoms with van der Waals surface area (Å²) in [4.78, 5) is 22.9. The number of carbonyl (C=O) groups is 1. The van der Waals surface area contributed by atoms with Crippen LogP contribution in [0.15, 0.2) is 4.99 Å². The van der Waals surface area contributed by atoms with E-state index in [1.807, 2.05) is 4.90 Å². The molecule has 0 atom stereocenters. The first-order valence-electron chi connectivity index (χ1n) is 11.0. The van der Waals surface area contributed by atoms with Gasteiger partial charge in [-0.15, -0.1) is 0 Å². The highest BCUT2D eigenvalue weighted by Crippen LogP contribution is 2.25. The minimum absolute atomic E-state index is 0.0345. The predicted molar refractivity (Wildman–Crippen MR) is 116 cm³/mol. The summed E-state index contributed by atoms with van der Waals surface area (Å²) in [7, 11) is -1.56. The highest BCUT2D eigenvalue weighted by molar-refractivity contribution is 7.89. The molecule has 1 saturated carbocycles. The fourth-order valence-corrected chi connectivity index (χ4v) is 4.87. The van der Waals surface area contributed by atoms with Gasteiger partial charge < -0.3 is 19.9 Å². The Bertz CT molecular complexity index is 683. The summed E-state index contributed by atoms with van der Waals surface area (Å²) in [6.45, 7) is 6.96. The van der Waals surface area contributed by atoms with Crippen LogP contribution in [-0.2, 0) is 19.6 Å². The van der Waals surface area contributed by atoms with Gasteiger partial charge in [-0.2, -0.15) is 0 Å². The molecule has 2 N–H and O–H groups in total. The molecule has 0 spiro atoms. The molecule has 3 aliphatic rings. The first-order chi connectivity index (χ1) is 14.5. The summed E-state index contributed by atoms with van der Waals surface area (Å²) >= 11 is 0. The molecule has 3 fully saturated rings. The average Bonchev–Trinajstić information content (AvgIpc) is 2.71. The normalized spacial score (nSPS) is 22.1. The van der Waals surface area contributed by atoms with Gasteiger partial charge in [-0.3, -0.25) is 14.7 Å². The Kier molecular flexibility index (Phi) is 8.72. The maximum Gasteiger partial charge on any atom is 0.236 e. The topological polar surface area (TPSA) is 107 Å². The second-order valence-electron chi connectivity index (χ2n) is 8.19. The Morgan fingerprint density at radius 2 is 1.77 bits per heavy atom. The molecule has 2 heterocycles. The van der Waals surface area contributed by atoms with Crippen LogP contribution in [0.5, 0.6) is 0 Å². The SMILES string of the molecule is CN=C(NCCS(=O)(=O)NCC1CCC1)N1CCN(CC(=O)N2CCOCC2)CC1. The van der Waals surface area contributed by atoms with Gasteiger partial charge in [0.15, 0.2) is 5.96 Å². The standard InChI is InChI=1S/C19H36N6O4S/c1-20-19(21-5-14-30(27,28)22-15-17-3-2-4-17)25-8-6-23(7-9-25)16-18(26)24-10-12-29-13-11-24/h17,22H,2-16H2,1H3,(H,20,21). The van der Waals surface area contributed by atoms with Crippen LogP contribution in [0.1, 0.15) is 19.3 Å². The van der Waals surface area contributed by atoms with Crippen LogP contribution in [-0.4, -0.2) is 120 Å². The van der Waals surface area contributed by atoms with Crippen molar-refractivity contribution in [3.63, 3.8) is 0 Å². The molecule has 0 aromatic heterocycles. The zero-order chi connectivity index (χ0) is 21.4. The zero-order valence-corrected chi connectivity index (χ0v) is 18.8. The van der Waals surface area contributed by atoms with E-state index in [4.69, 9.17) is 4.74 Å². The first-order valence-corrected chi connectivity index (χ1v) is 12.6. The number of hydrogen-bond donors (Lipinski definition) is 2. The monoisotopic (exact) mass is 444 g/mol. The van der Waals surface area contributed by atoms with E-state index in [0.717, 1.165) is 39.0 Å². The van der Waals surface area contributed by atoms with Gasteiger partial charge >= 0.3 is 0 Å². The summed E-state index contributed by atoms with van der Waals surface area (Å²) in [5.41, 5.74) is 0. The van der Waals surface area contributed by atoms with Crippen molar-refractivity contribution in [1.29, 1.82) is 0 Å². The van der Waals surface area contributed by atoms with Crippen molar-refractivity contribution in [3.05, 3.63) is 0 Å². The van der Waals surface area contributed by atoms with Crippen LogP contribution in [0.2, 0.25) is 0 Å². The molecular weight excluding hydrogens is 408 g/mol.